The predicted molar refractivity (Wildman–Crippen MR) is 137 cm³/mol. The van der Waals surface area contributed by atoms with Crippen molar-refractivity contribution in [1.82, 2.24) is 4.98 Å². The second-order valence-corrected chi connectivity index (χ2v) is 8.58. The lowest BCUT2D eigenvalue weighted by Crippen LogP contribution is -1.94. The van der Waals surface area contributed by atoms with Crippen molar-refractivity contribution >= 4 is 32.4 Å². The van der Waals surface area contributed by atoms with Crippen LogP contribution >= 0.6 is 0 Å². The summed E-state index contributed by atoms with van der Waals surface area (Å²) in [6, 6.07) is 35.0. The molecule has 5 aromatic carbocycles. The lowest BCUT2D eigenvalue weighted by Gasteiger charge is -2.18. The van der Waals surface area contributed by atoms with E-state index in [4.69, 9.17) is 4.98 Å². The molecule has 1 heterocycles. The average Bonchev–Trinajstić information content (AvgIpc) is 2.83. The Bertz CT molecular complexity index is 1590. The first-order valence-corrected chi connectivity index (χ1v) is 11.1. The summed E-state index contributed by atoms with van der Waals surface area (Å²) in [6.07, 6.45) is 1.91. The molecule has 0 aliphatic heterocycles. The molecule has 0 amide bonds. The Morgan fingerprint density at radius 2 is 1.28 bits per heavy atom. The maximum atomic E-state index is 4.92. The maximum absolute atomic E-state index is 4.92. The molecule has 0 bridgehead atoms. The highest BCUT2D eigenvalue weighted by Gasteiger charge is 2.18. The highest BCUT2D eigenvalue weighted by Crippen LogP contribution is 2.43. The summed E-state index contributed by atoms with van der Waals surface area (Å²) in [7, 11) is 0. The summed E-state index contributed by atoms with van der Waals surface area (Å²) >= 11 is 0. The number of hydrogen-bond donors (Lipinski definition) is 0. The topological polar surface area (TPSA) is 12.9 Å². The zero-order valence-electron chi connectivity index (χ0n) is 18.3. The first-order valence-electron chi connectivity index (χ1n) is 11.1. The van der Waals surface area contributed by atoms with E-state index in [-0.39, 0.29) is 0 Å². The smallest absolute Gasteiger partial charge is 0.0792 e. The molecule has 0 N–H and O–H groups in total. The molecule has 0 atom stereocenters. The summed E-state index contributed by atoms with van der Waals surface area (Å²) in [4.78, 5) is 4.92. The molecule has 6 aromatic rings. The molecule has 0 aliphatic rings. The van der Waals surface area contributed by atoms with Crippen molar-refractivity contribution in [2.75, 3.05) is 0 Å². The Hall–Kier alpha value is -3.97. The van der Waals surface area contributed by atoms with Crippen molar-refractivity contribution in [3.63, 3.8) is 0 Å². The lowest BCUT2D eigenvalue weighted by atomic mass is 9.86. The summed E-state index contributed by atoms with van der Waals surface area (Å²) in [6.45, 7) is 4.36. The van der Waals surface area contributed by atoms with Gasteiger partial charge in [-0.1, -0.05) is 90.5 Å². The van der Waals surface area contributed by atoms with Gasteiger partial charge in [0.05, 0.1) is 5.52 Å². The molecule has 6 rings (SSSR count). The van der Waals surface area contributed by atoms with Crippen molar-refractivity contribution in [1.29, 1.82) is 0 Å². The first kappa shape index (κ1) is 18.8. The molecule has 0 spiro atoms. The fourth-order valence-electron chi connectivity index (χ4n) is 5.02. The molecule has 1 aromatic heterocycles. The van der Waals surface area contributed by atoms with Crippen molar-refractivity contribution in [3.05, 3.63) is 114 Å². The zero-order chi connectivity index (χ0) is 21.7. The minimum Gasteiger partial charge on any atom is -0.256 e. The molecule has 0 unspecified atom stereocenters. The number of rotatable bonds is 2. The predicted octanol–water partition coefficient (Wildman–Crippen LogP) is 8.49. The van der Waals surface area contributed by atoms with E-state index in [1.807, 2.05) is 12.3 Å². The monoisotopic (exact) mass is 409 g/mol. The number of aryl methyl sites for hydroxylation is 2. The van der Waals surface area contributed by atoms with E-state index in [1.165, 1.54) is 60.3 Å². The molecular formula is C31H23N. The Morgan fingerprint density at radius 3 is 2.09 bits per heavy atom. The highest BCUT2D eigenvalue weighted by atomic mass is 14.7. The molecule has 1 heteroatoms. The molecule has 0 saturated heterocycles. The summed E-state index contributed by atoms with van der Waals surface area (Å²) in [5.74, 6) is 0. The minimum absolute atomic E-state index is 1.05. The van der Waals surface area contributed by atoms with E-state index in [1.54, 1.807) is 0 Å². The number of benzene rings is 5. The van der Waals surface area contributed by atoms with Crippen LogP contribution in [0, 0.1) is 13.8 Å². The normalized spacial score (nSPS) is 11.4. The van der Waals surface area contributed by atoms with Crippen LogP contribution in [-0.4, -0.2) is 4.98 Å². The third kappa shape index (κ3) is 2.90. The highest BCUT2D eigenvalue weighted by molar-refractivity contribution is 6.20. The van der Waals surface area contributed by atoms with Crippen LogP contribution in [0.4, 0.5) is 0 Å². The summed E-state index contributed by atoms with van der Waals surface area (Å²) in [5.41, 5.74) is 8.58. The van der Waals surface area contributed by atoms with Crippen LogP contribution in [0.2, 0.25) is 0 Å². The molecule has 32 heavy (non-hydrogen) atoms. The Kier molecular flexibility index (Phi) is 4.29. The zero-order valence-corrected chi connectivity index (χ0v) is 18.3. The van der Waals surface area contributed by atoms with Gasteiger partial charge in [0.25, 0.3) is 0 Å². The van der Waals surface area contributed by atoms with Gasteiger partial charge < -0.3 is 0 Å². The van der Waals surface area contributed by atoms with Crippen LogP contribution < -0.4 is 0 Å². The van der Waals surface area contributed by atoms with Gasteiger partial charge in [0.15, 0.2) is 0 Å². The quantitative estimate of drug-likeness (QED) is 0.261. The number of aromatic nitrogens is 1. The van der Waals surface area contributed by atoms with Crippen LogP contribution in [0.5, 0.6) is 0 Å². The van der Waals surface area contributed by atoms with Gasteiger partial charge in [-0.3, -0.25) is 4.98 Å². The van der Waals surface area contributed by atoms with Crippen molar-refractivity contribution in [3.8, 4) is 22.3 Å². The van der Waals surface area contributed by atoms with Gasteiger partial charge in [-0.2, -0.15) is 0 Å². The third-order valence-electron chi connectivity index (χ3n) is 6.47. The van der Waals surface area contributed by atoms with Crippen LogP contribution in [0.3, 0.4) is 0 Å². The van der Waals surface area contributed by atoms with Crippen molar-refractivity contribution in [2.24, 2.45) is 0 Å². The largest absolute Gasteiger partial charge is 0.256 e. The molecule has 1 nitrogen and oxygen atoms in total. The van der Waals surface area contributed by atoms with E-state index in [2.05, 4.69) is 105 Å². The van der Waals surface area contributed by atoms with E-state index < -0.39 is 0 Å². The standard InChI is InChI=1S/C31H23N/c1-20-13-16-25(21(2)18-20)30-27-11-6-5-10-26(27)29(31-28(30)12-7-17-32-31)24-15-14-22-8-3-4-9-23(22)19-24/h3-19H,1-2H3. The van der Waals surface area contributed by atoms with Crippen LogP contribution in [0.15, 0.2) is 103 Å². The van der Waals surface area contributed by atoms with E-state index in [0.717, 1.165) is 5.52 Å². The molecule has 0 fully saturated rings. The minimum atomic E-state index is 1.05. The Morgan fingerprint density at radius 1 is 0.562 bits per heavy atom. The van der Waals surface area contributed by atoms with Gasteiger partial charge in [0.1, 0.15) is 0 Å². The molecule has 0 saturated carbocycles. The van der Waals surface area contributed by atoms with E-state index >= 15 is 0 Å². The lowest BCUT2D eigenvalue weighted by molar-refractivity contribution is 1.38. The van der Waals surface area contributed by atoms with Crippen LogP contribution in [0.25, 0.3) is 54.7 Å². The Labute approximate surface area is 188 Å². The second-order valence-electron chi connectivity index (χ2n) is 8.58. The van der Waals surface area contributed by atoms with Crippen molar-refractivity contribution in [2.45, 2.75) is 13.8 Å². The molecular weight excluding hydrogens is 386 g/mol. The van der Waals surface area contributed by atoms with Gasteiger partial charge in [-0.05, 0) is 69.8 Å². The average molecular weight is 410 g/mol. The van der Waals surface area contributed by atoms with Crippen LogP contribution in [-0.2, 0) is 0 Å². The number of fused-ring (bicyclic) bond motifs is 3. The summed E-state index contributed by atoms with van der Waals surface area (Å²) in [5, 5.41) is 6.20. The van der Waals surface area contributed by atoms with E-state index in [9.17, 15) is 0 Å². The van der Waals surface area contributed by atoms with E-state index in [0.29, 0.717) is 0 Å². The summed E-state index contributed by atoms with van der Waals surface area (Å²) < 4.78 is 0. The van der Waals surface area contributed by atoms with Gasteiger partial charge in [0, 0.05) is 17.1 Å². The first-order chi connectivity index (χ1) is 15.7. The van der Waals surface area contributed by atoms with Crippen LogP contribution in [0.1, 0.15) is 11.1 Å². The Balaban J connectivity index is 1.78. The number of pyridine rings is 1. The van der Waals surface area contributed by atoms with Gasteiger partial charge in [-0.15, -0.1) is 0 Å². The van der Waals surface area contributed by atoms with Gasteiger partial charge >= 0.3 is 0 Å². The number of hydrogen-bond acceptors (Lipinski definition) is 1. The molecule has 0 aliphatic carbocycles. The van der Waals surface area contributed by atoms with Gasteiger partial charge in [-0.25, -0.2) is 0 Å². The third-order valence-corrected chi connectivity index (χ3v) is 6.47. The SMILES string of the molecule is Cc1ccc(-c2c3ccccc3c(-c3ccc4ccccc4c3)c3ncccc23)c(C)c1. The number of nitrogens with zero attached hydrogens (tertiary/aromatic N) is 1. The molecule has 0 radical (unpaired) electrons. The fourth-order valence-corrected chi connectivity index (χ4v) is 5.02. The second kappa shape index (κ2) is 7.32. The fraction of sp³-hybridized carbons (Fsp3) is 0.0645. The van der Waals surface area contributed by atoms with Crippen molar-refractivity contribution < 1.29 is 0 Å². The van der Waals surface area contributed by atoms with Gasteiger partial charge in [0.2, 0.25) is 0 Å². The maximum Gasteiger partial charge on any atom is 0.0792 e. The molecule has 152 valence electrons.